The maximum atomic E-state index is 13.4. The normalized spacial score (nSPS) is 15.2. The molecular formula is C18H17ClF3NO3S. The average Bonchev–Trinajstić information content (AvgIpc) is 3.44. The molecule has 0 heterocycles. The number of alkyl halides is 3. The van der Waals surface area contributed by atoms with E-state index in [0.29, 0.717) is 30.2 Å². The van der Waals surface area contributed by atoms with E-state index in [0.717, 1.165) is 16.4 Å². The lowest BCUT2D eigenvalue weighted by atomic mass is 10.2. The Bertz CT molecular complexity index is 926. The highest BCUT2D eigenvalue weighted by Gasteiger charge is 2.43. The summed E-state index contributed by atoms with van der Waals surface area (Å²) >= 11 is 5.67. The summed E-state index contributed by atoms with van der Waals surface area (Å²) in [7, 11) is -2.85. The van der Waals surface area contributed by atoms with Crippen LogP contribution in [-0.4, -0.2) is 25.9 Å². The zero-order valence-corrected chi connectivity index (χ0v) is 15.9. The molecule has 4 nitrogen and oxygen atoms in total. The Morgan fingerprint density at radius 2 is 1.78 bits per heavy atom. The third-order valence-corrected chi connectivity index (χ3v) is 6.48. The van der Waals surface area contributed by atoms with Crippen LogP contribution in [0.4, 0.5) is 13.2 Å². The van der Waals surface area contributed by atoms with Crippen LogP contribution in [0.1, 0.15) is 24.0 Å². The number of benzene rings is 2. The molecule has 1 fully saturated rings. The summed E-state index contributed by atoms with van der Waals surface area (Å²) in [4.78, 5) is -0.778. The van der Waals surface area contributed by atoms with Crippen molar-refractivity contribution in [1.82, 2.24) is 4.31 Å². The minimum Gasteiger partial charge on any atom is -0.497 e. The van der Waals surface area contributed by atoms with Crippen LogP contribution in [-0.2, 0) is 22.7 Å². The molecule has 0 atom stereocenters. The second-order valence-electron chi connectivity index (χ2n) is 6.27. The van der Waals surface area contributed by atoms with Gasteiger partial charge in [0.1, 0.15) is 5.75 Å². The molecule has 0 bridgehead atoms. The van der Waals surface area contributed by atoms with Gasteiger partial charge in [-0.25, -0.2) is 8.42 Å². The second kappa shape index (κ2) is 7.33. The SMILES string of the molecule is COc1ccc(CN(C2CC2)S(=O)(=O)c2ccc(Cl)cc2C(F)(F)F)cc1. The fraction of sp³-hybridized carbons (Fsp3) is 0.333. The van der Waals surface area contributed by atoms with Crippen LogP contribution in [0.3, 0.4) is 0 Å². The van der Waals surface area contributed by atoms with Crippen LogP contribution < -0.4 is 4.74 Å². The molecular weight excluding hydrogens is 403 g/mol. The van der Waals surface area contributed by atoms with Crippen LogP contribution >= 0.6 is 11.6 Å². The Kier molecular flexibility index (Phi) is 5.42. The molecule has 9 heteroatoms. The van der Waals surface area contributed by atoms with E-state index in [1.54, 1.807) is 24.3 Å². The fourth-order valence-electron chi connectivity index (χ4n) is 2.76. The Morgan fingerprint density at radius 1 is 1.15 bits per heavy atom. The number of methoxy groups -OCH3 is 1. The molecule has 1 aliphatic carbocycles. The maximum Gasteiger partial charge on any atom is 0.417 e. The molecule has 0 unspecified atom stereocenters. The van der Waals surface area contributed by atoms with Crippen molar-refractivity contribution in [3.05, 3.63) is 58.6 Å². The monoisotopic (exact) mass is 419 g/mol. The summed E-state index contributed by atoms with van der Waals surface area (Å²) in [5.41, 5.74) is -0.593. The van der Waals surface area contributed by atoms with Crippen molar-refractivity contribution in [2.24, 2.45) is 0 Å². The van der Waals surface area contributed by atoms with Gasteiger partial charge in [-0.15, -0.1) is 0 Å². The molecule has 0 amide bonds. The first-order chi connectivity index (χ1) is 12.6. The van der Waals surface area contributed by atoms with Gasteiger partial charge in [0.25, 0.3) is 0 Å². The van der Waals surface area contributed by atoms with Crippen LogP contribution in [0.15, 0.2) is 47.4 Å². The van der Waals surface area contributed by atoms with Gasteiger partial charge >= 0.3 is 6.18 Å². The zero-order valence-electron chi connectivity index (χ0n) is 14.3. The highest BCUT2D eigenvalue weighted by atomic mass is 35.5. The number of ether oxygens (including phenoxy) is 1. The Labute approximate surface area is 160 Å². The van der Waals surface area contributed by atoms with Gasteiger partial charge in [-0.1, -0.05) is 23.7 Å². The summed E-state index contributed by atoms with van der Waals surface area (Å²) < 4.78 is 72.5. The summed E-state index contributed by atoms with van der Waals surface area (Å²) in [5, 5.41) is -0.172. The maximum absolute atomic E-state index is 13.4. The molecule has 2 aromatic carbocycles. The van der Waals surface area contributed by atoms with Crippen molar-refractivity contribution >= 4 is 21.6 Å². The Hall–Kier alpha value is -1.77. The lowest BCUT2D eigenvalue weighted by Gasteiger charge is -2.24. The van der Waals surface area contributed by atoms with Crippen molar-refractivity contribution in [3.63, 3.8) is 0 Å². The van der Waals surface area contributed by atoms with E-state index in [1.165, 1.54) is 7.11 Å². The molecule has 146 valence electrons. The summed E-state index contributed by atoms with van der Waals surface area (Å²) in [6, 6.07) is 9.15. The third-order valence-electron chi connectivity index (χ3n) is 4.29. The summed E-state index contributed by atoms with van der Waals surface area (Å²) in [5.74, 6) is 0.608. The van der Waals surface area contributed by atoms with E-state index in [-0.39, 0.29) is 17.6 Å². The zero-order chi connectivity index (χ0) is 19.8. The van der Waals surface area contributed by atoms with E-state index in [4.69, 9.17) is 16.3 Å². The van der Waals surface area contributed by atoms with Crippen LogP contribution in [0, 0.1) is 0 Å². The Balaban J connectivity index is 2.00. The first kappa shape index (κ1) is 20.0. The highest BCUT2D eigenvalue weighted by Crippen LogP contribution is 2.40. The quantitative estimate of drug-likeness (QED) is 0.680. The molecule has 0 N–H and O–H groups in total. The van der Waals surface area contributed by atoms with Crippen LogP contribution in [0.5, 0.6) is 5.75 Å². The first-order valence-electron chi connectivity index (χ1n) is 8.14. The smallest absolute Gasteiger partial charge is 0.417 e. The molecule has 0 radical (unpaired) electrons. The molecule has 2 aromatic rings. The molecule has 3 rings (SSSR count). The van der Waals surface area contributed by atoms with Gasteiger partial charge in [0, 0.05) is 17.6 Å². The number of hydrogen-bond acceptors (Lipinski definition) is 3. The van der Waals surface area contributed by atoms with Gasteiger partial charge in [0.05, 0.1) is 17.6 Å². The van der Waals surface area contributed by atoms with Gasteiger partial charge in [-0.05, 0) is 48.7 Å². The second-order valence-corrected chi connectivity index (χ2v) is 8.56. The van der Waals surface area contributed by atoms with Crippen molar-refractivity contribution < 1.29 is 26.3 Å². The van der Waals surface area contributed by atoms with E-state index >= 15 is 0 Å². The molecule has 1 saturated carbocycles. The molecule has 0 aliphatic heterocycles. The minimum atomic E-state index is -4.83. The molecule has 0 spiro atoms. The van der Waals surface area contributed by atoms with Gasteiger partial charge in [-0.2, -0.15) is 17.5 Å². The number of halogens is 4. The van der Waals surface area contributed by atoms with E-state index in [9.17, 15) is 21.6 Å². The molecule has 0 aromatic heterocycles. The fourth-order valence-corrected chi connectivity index (χ4v) is 4.80. The van der Waals surface area contributed by atoms with Crippen molar-refractivity contribution in [2.45, 2.75) is 36.5 Å². The number of hydrogen-bond donors (Lipinski definition) is 0. The number of nitrogens with zero attached hydrogens (tertiary/aromatic N) is 1. The topological polar surface area (TPSA) is 46.6 Å². The number of rotatable bonds is 6. The van der Waals surface area contributed by atoms with E-state index in [2.05, 4.69) is 0 Å². The summed E-state index contributed by atoms with van der Waals surface area (Å²) in [6.07, 6.45) is -3.60. The lowest BCUT2D eigenvalue weighted by Crippen LogP contribution is -2.34. The Morgan fingerprint density at radius 3 is 2.30 bits per heavy atom. The van der Waals surface area contributed by atoms with E-state index < -0.39 is 26.7 Å². The molecule has 0 saturated heterocycles. The largest absolute Gasteiger partial charge is 0.497 e. The van der Waals surface area contributed by atoms with Crippen LogP contribution in [0.25, 0.3) is 0 Å². The highest BCUT2D eigenvalue weighted by molar-refractivity contribution is 7.89. The molecule has 27 heavy (non-hydrogen) atoms. The third kappa shape index (κ3) is 4.39. The van der Waals surface area contributed by atoms with Crippen molar-refractivity contribution in [1.29, 1.82) is 0 Å². The predicted molar refractivity (Wildman–Crippen MR) is 95.2 cm³/mol. The van der Waals surface area contributed by atoms with Gasteiger partial charge in [0.15, 0.2) is 0 Å². The van der Waals surface area contributed by atoms with Gasteiger partial charge in [-0.3, -0.25) is 0 Å². The summed E-state index contributed by atoms with van der Waals surface area (Å²) in [6.45, 7) is -0.0169. The average molecular weight is 420 g/mol. The minimum absolute atomic E-state index is 0.0169. The lowest BCUT2D eigenvalue weighted by molar-refractivity contribution is -0.139. The predicted octanol–water partition coefficient (Wildman–Crippen LogP) is 4.72. The standard InChI is InChI=1S/C18H17ClF3NO3S/c1-26-15-7-2-12(3-8-15)11-23(14-5-6-14)27(24,25)17-9-4-13(19)10-16(17)18(20,21)22/h2-4,7-10,14H,5-6,11H2,1H3. The number of sulfonamides is 1. The van der Waals surface area contributed by atoms with Gasteiger partial charge < -0.3 is 4.74 Å². The van der Waals surface area contributed by atoms with E-state index in [1.807, 2.05) is 0 Å². The van der Waals surface area contributed by atoms with Crippen LogP contribution in [0.2, 0.25) is 5.02 Å². The van der Waals surface area contributed by atoms with Crippen molar-refractivity contribution in [3.8, 4) is 5.75 Å². The molecule has 1 aliphatic rings. The first-order valence-corrected chi connectivity index (χ1v) is 9.96. The van der Waals surface area contributed by atoms with Gasteiger partial charge in [0.2, 0.25) is 10.0 Å². The van der Waals surface area contributed by atoms with Crippen molar-refractivity contribution in [2.75, 3.05) is 7.11 Å².